The number of nitro benzene ring substituents is 1. The average molecular weight is 439 g/mol. The lowest BCUT2D eigenvalue weighted by molar-refractivity contribution is -0.384. The number of hydrogen-bond acceptors (Lipinski definition) is 5. The number of anilines is 1. The molecule has 1 aromatic carbocycles. The minimum atomic E-state index is -5.27. The molecule has 0 aliphatic rings. The van der Waals surface area contributed by atoms with Crippen LogP contribution in [0.25, 0.3) is 0 Å². The molecule has 8 nitrogen and oxygen atoms in total. The van der Waals surface area contributed by atoms with Gasteiger partial charge in [-0.1, -0.05) is 34.7 Å². The van der Waals surface area contributed by atoms with Gasteiger partial charge < -0.3 is 15.2 Å². The Morgan fingerprint density at radius 3 is 2.54 bits per heavy atom. The van der Waals surface area contributed by atoms with Crippen molar-refractivity contribution in [2.75, 3.05) is 5.32 Å². The highest BCUT2D eigenvalue weighted by Crippen LogP contribution is 2.33. The molecular formula is C14H10BrF3N2O6. The van der Waals surface area contributed by atoms with Gasteiger partial charge in [-0.05, 0) is 12.5 Å². The van der Waals surface area contributed by atoms with Gasteiger partial charge in [-0.3, -0.25) is 14.9 Å². The molecule has 0 fully saturated rings. The lowest BCUT2D eigenvalue weighted by atomic mass is 10.1. The lowest BCUT2D eigenvalue weighted by Crippen LogP contribution is -2.30. The van der Waals surface area contributed by atoms with Gasteiger partial charge in [0.2, 0.25) is 0 Å². The van der Waals surface area contributed by atoms with Crippen LogP contribution in [-0.4, -0.2) is 34.4 Å². The van der Waals surface area contributed by atoms with Crippen LogP contribution in [-0.2, 0) is 9.53 Å². The minimum Gasteiger partial charge on any atom is -0.450 e. The quantitative estimate of drug-likeness (QED) is 0.320. The van der Waals surface area contributed by atoms with Gasteiger partial charge >= 0.3 is 18.2 Å². The second-order valence-corrected chi connectivity index (χ2v) is 5.52. The molecule has 2 N–H and O–H groups in total. The van der Waals surface area contributed by atoms with Crippen LogP contribution in [0.1, 0.15) is 18.9 Å². The Balaban J connectivity index is 3.44. The number of amides is 1. The maximum Gasteiger partial charge on any atom is 0.507 e. The zero-order chi connectivity index (χ0) is 20.1. The first-order chi connectivity index (χ1) is 12.0. The summed E-state index contributed by atoms with van der Waals surface area (Å²) in [6.07, 6.45) is -7.88. The highest BCUT2D eigenvalue weighted by molar-refractivity contribution is 9.10. The number of carbonyl (C=O) groups excluding carboxylic acids is 1. The van der Waals surface area contributed by atoms with E-state index in [4.69, 9.17) is 5.11 Å². The molecular weight excluding hydrogens is 429 g/mol. The van der Waals surface area contributed by atoms with E-state index in [9.17, 15) is 32.9 Å². The molecule has 0 aliphatic carbocycles. The molecule has 0 heterocycles. The summed E-state index contributed by atoms with van der Waals surface area (Å²) in [6, 6.07) is 2.03. The molecule has 1 rings (SSSR count). The second-order valence-electron chi connectivity index (χ2n) is 4.61. The van der Waals surface area contributed by atoms with Crippen molar-refractivity contribution in [1.29, 1.82) is 0 Å². The Morgan fingerprint density at radius 1 is 1.46 bits per heavy atom. The summed E-state index contributed by atoms with van der Waals surface area (Å²) in [6.45, 7) is 1.54. The summed E-state index contributed by atoms with van der Waals surface area (Å²) >= 11 is 2.95. The molecule has 12 heteroatoms. The smallest absolute Gasteiger partial charge is 0.450 e. The summed E-state index contributed by atoms with van der Waals surface area (Å²) < 4.78 is 42.0. The van der Waals surface area contributed by atoms with Gasteiger partial charge in [0.05, 0.1) is 10.5 Å². The van der Waals surface area contributed by atoms with Crippen molar-refractivity contribution in [2.45, 2.75) is 25.6 Å². The van der Waals surface area contributed by atoms with Crippen molar-refractivity contribution in [3.63, 3.8) is 0 Å². The zero-order valence-corrected chi connectivity index (χ0v) is 14.5. The Hall–Kier alpha value is -2.81. The van der Waals surface area contributed by atoms with Crippen LogP contribution < -0.4 is 5.32 Å². The summed E-state index contributed by atoms with van der Waals surface area (Å²) in [7, 11) is 0. The summed E-state index contributed by atoms with van der Waals surface area (Å²) in [4.78, 5) is 31.8. The number of alkyl halides is 3. The number of carbonyl (C=O) groups is 2. The average Bonchev–Trinajstić information content (AvgIpc) is 2.51. The molecule has 0 saturated carbocycles. The van der Waals surface area contributed by atoms with E-state index in [0.29, 0.717) is 0 Å². The standard InChI is InChI=1S/C14H10BrF3N2O6/c1-2-9(26-13(22)23)4-3-7-5-8(15)6-10(20(24)25)11(7)19-12(21)14(16,17)18/h5-6,9H,2H2,1H3,(H,19,21)(H,22,23). The first kappa shape index (κ1) is 21.2. The van der Waals surface area contributed by atoms with Crippen molar-refractivity contribution in [1.82, 2.24) is 0 Å². The van der Waals surface area contributed by atoms with Crippen molar-refractivity contribution in [3.05, 3.63) is 32.3 Å². The third-order valence-corrected chi connectivity index (χ3v) is 3.21. The topological polar surface area (TPSA) is 119 Å². The zero-order valence-electron chi connectivity index (χ0n) is 12.9. The number of nitro groups is 1. The van der Waals surface area contributed by atoms with E-state index < -0.39 is 40.6 Å². The number of nitrogens with one attached hydrogen (secondary N) is 1. The maximum absolute atomic E-state index is 12.5. The van der Waals surface area contributed by atoms with Gasteiger partial charge in [-0.2, -0.15) is 13.2 Å². The number of hydrogen-bond donors (Lipinski definition) is 2. The van der Waals surface area contributed by atoms with Crippen molar-refractivity contribution in [3.8, 4) is 11.8 Å². The Bertz CT molecular complexity index is 800. The van der Waals surface area contributed by atoms with Crippen molar-refractivity contribution >= 4 is 39.4 Å². The third-order valence-electron chi connectivity index (χ3n) is 2.76. The molecule has 140 valence electrons. The van der Waals surface area contributed by atoms with Gasteiger partial charge in [0, 0.05) is 10.5 Å². The normalized spacial score (nSPS) is 11.7. The minimum absolute atomic E-state index is 0.116. The predicted molar refractivity (Wildman–Crippen MR) is 85.5 cm³/mol. The number of carboxylic acid groups (broad SMARTS) is 1. The van der Waals surface area contributed by atoms with Crippen LogP contribution in [0.15, 0.2) is 16.6 Å². The van der Waals surface area contributed by atoms with Crippen LogP contribution >= 0.6 is 15.9 Å². The molecule has 1 atom stereocenters. The predicted octanol–water partition coefficient (Wildman–Crippen LogP) is 3.68. The van der Waals surface area contributed by atoms with E-state index in [-0.39, 0.29) is 16.5 Å². The lowest BCUT2D eigenvalue weighted by Gasteiger charge is -2.11. The van der Waals surface area contributed by atoms with Gasteiger partial charge in [0.1, 0.15) is 5.69 Å². The van der Waals surface area contributed by atoms with Gasteiger partial charge in [0.25, 0.3) is 5.69 Å². The van der Waals surface area contributed by atoms with E-state index in [1.54, 1.807) is 0 Å². The number of nitrogens with zero attached hydrogens (tertiary/aromatic N) is 1. The van der Waals surface area contributed by atoms with E-state index >= 15 is 0 Å². The number of benzene rings is 1. The molecule has 0 saturated heterocycles. The fourth-order valence-electron chi connectivity index (χ4n) is 1.65. The maximum atomic E-state index is 12.5. The Labute approximate surface area is 152 Å². The van der Waals surface area contributed by atoms with E-state index in [2.05, 4.69) is 32.5 Å². The number of ether oxygens (including phenoxy) is 1. The van der Waals surface area contributed by atoms with Crippen molar-refractivity contribution in [2.24, 2.45) is 0 Å². The van der Waals surface area contributed by atoms with Gasteiger partial charge in [0.15, 0.2) is 6.10 Å². The van der Waals surface area contributed by atoms with Crippen LogP contribution in [0, 0.1) is 22.0 Å². The van der Waals surface area contributed by atoms with E-state index in [1.165, 1.54) is 12.2 Å². The fraction of sp³-hybridized carbons (Fsp3) is 0.286. The highest BCUT2D eigenvalue weighted by Gasteiger charge is 2.40. The molecule has 0 aromatic heterocycles. The fourth-order valence-corrected chi connectivity index (χ4v) is 2.09. The summed E-state index contributed by atoms with van der Waals surface area (Å²) in [5, 5.41) is 21.1. The first-order valence-corrected chi connectivity index (χ1v) is 7.52. The van der Waals surface area contributed by atoms with E-state index in [0.717, 1.165) is 12.1 Å². The molecule has 26 heavy (non-hydrogen) atoms. The molecule has 0 aliphatic heterocycles. The molecule has 1 aromatic rings. The van der Waals surface area contributed by atoms with E-state index in [1.807, 2.05) is 0 Å². The number of rotatable bonds is 4. The Kier molecular flexibility index (Phi) is 6.96. The van der Waals surface area contributed by atoms with Gasteiger partial charge in [-0.15, -0.1) is 0 Å². The highest BCUT2D eigenvalue weighted by atomic mass is 79.9. The molecule has 1 unspecified atom stereocenters. The first-order valence-electron chi connectivity index (χ1n) is 6.73. The second kappa shape index (κ2) is 8.52. The van der Waals surface area contributed by atoms with Crippen molar-refractivity contribution < 1.29 is 37.5 Å². The summed E-state index contributed by atoms with van der Waals surface area (Å²) in [5.41, 5.74) is -1.91. The SMILES string of the molecule is CCC(C#Cc1cc(Br)cc([N+](=O)[O-])c1NC(=O)C(F)(F)F)OC(=O)O. The van der Waals surface area contributed by atoms with Crippen LogP contribution in [0.4, 0.5) is 29.3 Å². The molecule has 1 amide bonds. The monoisotopic (exact) mass is 438 g/mol. The summed E-state index contributed by atoms with van der Waals surface area (Å²) in [5.74, 6) is 2.22. The Morgan fingerprint density at radius 2 is 2.08 bits per heavy atom. The van der Waals surface area contributed by atoms with Crippen LogP contribution in [0.5, 0.6) is 0 Å². The largest absolute Gasteiger partial charge is 0.507 e. The third kappa shape index (κ3) is 5.92. The van der Waals surface area contributed by atoms with Crippen LogP contribution in [0.3, 0.4) is 0 Å². The molecule has 0 spiro atoms. The number of halogens is 4. The van der Waals surface area contributed by atoms with Crippen LogP contribution in [0.2, 0.25) is 0 Å². The molecule has 0 radical (unpaired) electrons. The van der Waals surface area contributed by atoms with Gasteiger partial charge in [-0.25, -0.2) is 4.79 Å². The molecule has 0 bridgehead atoms.